The summed E-state index contributed by atoms with van der Waals surface area (Å²) in [6, 6.07) is 4.83. The summed E-state index contributed by atoms with van der Waals surface area (Å²) in [4.78, 5) is 11.4. The fourth-order valence-electron chi connectivity index (χ4n) is 1.59. The third kappa shape index (κ3) is 3.42. The summed E-state index contributed by atoms with van der Waals surface area (Å²) in [6.07, 6.45) is 0.299. The Kier molecular flexibility index (Phi) is 4.62. The number of Topliss-reactive ketones (excluding diaryl/α,β-unsaturated/α-hetero) is 1. The molecule has 0 aliphatic rings. The zero-order valence-electron chi connectivity index (χ0n) is 9.92. The predicted octanol–water partition coefficient (Wildman–Crippen LogP) is 2.71. The quantitative estimate of drug-likeness (QED) is 0.768. The SMILES string of the molecule is COCC(=O)Cc1ccc(F)c(C(C)C)c1. The Morgan fingerprint density at radius 2 is 2.12 bits per heavy atom. The summed E-state index contributed by atoms with van der Waals surface area (Å²) in [6.45, 7) is 3.97. The first-order valence-electron chi connectivity index (χ1n) is 5.33. The number of methoxy groups -OCH3 is 1. The minimum absolute atomic E-state index is 0.00353. The van der Waals surface area contributed by atoms with E-state index in [0.717, 1.165) is 5.56 Å². The van der Waals surface area contributed by atoms with Crippen molar-refractivity contribution < 1.29 is 13.9 Å². The molecule has 0 atom stereocenters. The molecule has 1 aromatic rings. The maximum atomic E-state index is 13.4. The van der Waals surface area contributed by atoms with Gasteiger partial charge in [-0.3, -0.25) is 4.79 Å². The molecule has 88 valence electrons. The van der Waals surface area contributed by atoms with Crippen molar-refractivity contribution in [1.82, 2.24) is 0 Å². The Hall–Kier alpha value is -1.22. The second kappa shape index (κ2) is 5.75. The maximum Gasteiger partial charge on any atom is 0.162 e. The smallest absolute Gasteiger partial charge is 0.162 e. The molecule has 0 fully saturated rings. The second-order valence-corrected chi connectivity index (χ2v) is 4.16. The van der Waals surface area contributed by atoms with Gasteiger partial charge in [-0.15, -0.1) is 0 Å². The number of benzene rings is 1. The van der Waals surface area contributed by atoms with Crippen LogP contribution >= 0.6 is 0 Å². The van der Waals surface area contributed by atoms with Crippen molar-refractivity contribution >= 4 is 5.78 Å². The van der Waals surface area contributed by atoms with Crippen LogP contribution in [0.5, 0.6) is 0 Å². The molecule has 0 saturated carbocycles. The second-order valence-electron chi connectivity index (χ2n) is 4.16. The van der Waals surface area contributed by atoms with Crippen molar-refractivity contribution in [3.8, 4) is 0 Å². The van der Waals surface area contributed by atoms with Crippen molar-refractivity contribution in [1.29, 1.82) is 0 Å². The Morgan fingerprint density at radius 1 is 1.44 bits per heavy atom. The Labute approximate surface area is 95.4 Å². The molecule has 1 rings (SSSR count). The summed E-state index contributed by atoms with van der Waals surface area (Å²) in [5, 5.41) is 0. The van der Waals surface area contributed by atoms with Crippen LogP contribution in [0, 0.1) is 5.82 Å². The molecule has 2 nitrogen and oxygen atoms in total. The highest BCUT2D eigenvalue weighted by Crippen LogP contribution is 2.20. The van der Waals surface area contributed by atoms with Gasteiger partial charge in [0, 0.05) is 13.5 Å². The van der Waals surface area contributed by atoms with Crippen LogP contribution in [0.15, 0.2) is 18.2 Å². The molecule has 0 amide bonds. The fraction of sp³-hybridized carbons (Fsp3) is 0.462. The van der Waals surface area contributed by atoms with E-state index in [1.54, 1.807) is 12.1 Å². The van der Waals surface area contributed by atoms with E-state index < -0.39 is 0 Å². The van der Waals surface area contributed by atoms with Gasteiger partial charge in [0.25, 0.3) is 0 Å². The van der Waals surface area contributed by atoms with E-state index in [0.29, 0.717) is 12.0 Å². The number of ether oxygens (including phenoxy) is 1. The molecule has 0 aromatic heterocycles. The number of halogens is 1. The van der Waals surface area contributed by atoms with Gasteiger partial charge in [0.1, 0.15) is 12.4 Å². The van der Waals surface area contributed by atoms with Gasteiger partial charge in [0.2, 0.25) is 0 Å². The summed E-state index contributed by atoms with van der Waals surface area (Å²) in [5.41, 5.74) is 1.50. The minimum Gasteiger partial charge on any atom is -0.377 e. The van der Waals surface area contributed by atoms with E-state index in [4.69, 9.17) is 4.74 Å². The topological polar surface area (TPSA) is 26.3 Å². The highest BCUT2D eigenvalue weighted by molar-refractivity contribution is 5.82. The van der Waals surface area contributed by atoms with Gasteiger partial charge in [-0.25, -0.2) is 4.39 Å². The van der Waals surface area contributed by atoms with Crippen LogP contribution in [0.1, 0.15) is 30.9 Å². The highest BCUT2D eigenvalue weighted by atomic mass is 19.1. The molecule has 0 bridgehead atoms. The standard InChI is InChI=1S/C13H17FO2/c1-9(2)12-7-10(4-5-13(12)14)6-11(15)8-16-3/h4-5,7,9H,6,8H2,1-3H3. The van der Waals surface area contributed by atoms with Crippen LogP contribution in [0.4, 0.5) is 4.39 Å². The third-order valence-electron chi connectivity index (χ3n) is 2.39. The number of carbonyl (C=O) groups excluding carboxylic acids is 1. The van der Waals surface area contributed by atoms with E-state index in [1.165, 1.54) is 13.2 Å². The van der Waals surface area contributed by atoms with Crippen molar-refractivity contribution in [3.63, 3.8) is 0 Å². The molecule has 3 heteroatoms. The summed E-state index contributed by atoms with van der Waals surface area (Å²) in [7, 11) is 1.49. The molecule has 1 aromatic carbocycles. The predicted molar refractivity (Wildman–Crippen MR) is 61.1 cm³/mol. The molecule has 0 N–H and O–H groups in total. The number of carbonyl (C=O) groups is 1. The van der Waals surface area contributed by atoms with Crippen molar-refractivity contribution in [2.45, 2.75) is 26.2 Å². The molecule has 0 saturated heterocycles. The Morgan fingerprint density at radius 3 is 2.69 bits per heavy atom. The monoisotopic (exact) mass is 224 g/mol. The Bertz CT molecular complexity index is 372. The van der Waals surface area contributed by atoms with E-state index >= 15 is 0 Å². The molecule has 0 spiro atoms. The Balaban J connectivity index is 2.82. The average Bonchev–Trinajstić information content (AvgIpc) is 2.21. The number of hydrogen-bond donors (Lipinski definition) is 0. The summed E-state index contributed by atoms with van der Waals surface area (Å²) in [5.74, 6) is -0.0840. The van der Waals surface area contributed by atoms with E-state index in [2.05, 4.69) is 0 Å². The lowest BCUT2D eigenvalue weighted by Crippen LogP contribution is -2.10. The molecular weight excluding hydrogens is 207 g/mol. The van der Waals surface area contributed by atoms with Gasteiger partial charge in [-0.05, 0) is 23.1 Å². The van der Waals surface area contributed by atoms with Gasteiger partial charge in [0.15, 0.2) is 5.78 Å². The van der Waals surface area contributed by atoms with Gasteiger partial charge in [-0.1, -0.05) is 26.0 Å². The van der Waals surface area contributed by atoms with E-state index in [9.17, 15) is 9.18 Å². The molecular formula is C13H17FO2. The number of rotatable bonds is 5. The van der Waals surface area contributed by atoms with Crippen LogP contribution in [0.3, 0.4) is 0 Å². The van der Waals surface area contributed by atoms with Crippen LogP contribution in [0.2, 0.25) is 0 Å². The largest absolute Gasteiger partial charge is 0.377 e. The third-order valence-corrected chi connectivity index (χ3v) is 2.39. The minimum atomic E-state index is -0.210. The van der Waals surface area contributed by atoms with Crippen molar-refractivity contribution in [2.75, 3.05) is 13.7 Å². The molecule has 0 unspecified atom stereocenters. The lowest BCUT2D eigenvalue weighted by Gasteiger charge is -2.09. The first kappa shape index (κ1) is 12.8. The molecule has 0 aliphatic heterocycles. The van der Waals surface area contributed by atoms with Crippen LogP contribution in [-0.2, 0) is 16.0 Å². The van der Waals surface area contributed by atoms with Gasteiger partial charge in [-0.2, -0.15) is 0 Å². The summed E-state index contributed by atoms with van der Waals surface area (Å²) < 4.78 is 18.1. The fourth-order valence-corrected chi connectivity index (χ4v) is 1.59. The molecule has 16 heavy (non-hydrogen) atoms. The van der Waals surface area contributed by atoms with Gasteiger partial charge in [0.05, 0.1) is 0 Å². The first-order chi connectivity index (χ1) is 7.54. The number of ketones is 1. The first-order valence-corrected chi connectivity index (χ1v) is 5.33. The molecule has 0 radical (unpaired) electrons. The van der Waals surface area contributed by atoms with E-state index in [1.807, 2.05) is 13.8 Å². The average molecular weight is 224 g/mol. The van der Waals surface area contributed by atoms with Crippen molar-refractivity contribution in [2.24, 2.45) is 0 Å². The molecule has 0 aliphatic carbocycles. The van der Waals surface area contributed by atoms with Crippen LogP contribution < -0.4 is 0 Å². The molecule has 0 heterocycles. The zero-order chi connectivity index (χ0) is 12.1. The zero-order valence-corrected chi connectivity index (χ0v) is 9.92. The normalized spacial score (nSPS) is 10.8. The summed E-state index contributed by atoms with van der Waals surface area (Å²) >= 11 is 0. The maximum absolute atomic E-state index is 13.4. The van der Waals surface area contributed by atoms with Crippen LogP contribution in [-0.4, -0.2) is 19.5 Å². The van der Waals surface area contributed by atoms with E-state index in [-0.39, 0.29) is 24.1 Å². The van der Waals surface area contributed by atoms with Gasteiger partial charge < -0.3 is 4.74 Å². The highest BCUT2D eigenvalue weighted by Gasteiger charge is 2.09. The lowest BCUT2D eigenvalue weighted by molar-refractivity contribution is -0.121. The lowest BCUT2D eigenvalue weighted by atomic mass is 9.98. The van der Waals surface area contributed by atoms with Gasteiger partial charge >= 0.3 is 0 Å². The van der Waals surface area contributed by atoms with Crippen LogP contribution in [0.25, 0.3) is 0 Å². The number of hydrogen-bond acceptors (Lipinski definition) is 2. The van der Waals surface area contributed by atoms with Crippen molar-refractivity contribution in [3.05, 3.63) is 35.1 Å².